The van der Waals surface area contributed by atoms with Gasteiger partial charge in [-0.1, -0.05) is 24.3 Å². The van der Waals surface area contributed by atoms with Gasteiger partial charge >= 0.3 is 0 Å². The molecule has 1 heterocycles. The zero-order chi connectivity index (χ0) is 15.7. The lowest BCUT2D eigenvalue weighted by Gasteiger charge is -2.20. The van der Waals surface area contributed by atoms with Gasteiger partial charge in [0.25, 0.3) is 5.91 Å². The molecule has 1 fully saturated rings. The molecule has 2 amide bonds. The van der Waals surface area contributed by atoms with Gasteiger partial charge in [-0.05, 0) is 29.3 Å². The van der Waals surface area contributed by atoms with Crippen LogP contribution in [0.4, 0.5) is 0 Å². The summed E-state index contributed by atoms with van der Waals surface area (Å²) in [6.45, 7) is 1.22. The Morgan fingerprint density at radius 3 is 2.55 bits per heavy atom. The number of rotatable bonds is 1. The van der Waals surface area contributed by atoms with Crippen LogP contribution in [0.25, 0.3) is 10.8 Å². The normalized spacial score (nSPS) is 16.0. The highest BCUT2D eigenvalue weighted by Crippen LogP contribution is 2.26. The smallest absolute Gasteiger partial charge is 0.258 e. The third-order valence-electron chi connectivity index (χ3n) is 4.06. The van der Waals surface area contributed by atoms with Crippen LogP contribution in [0.15, 0.2) is 36.4 Å². The lowest BCUT2D eigenvalue weighted by molar-refractivity contribution is -0.129. The van der Waals surface area contributed by atoms with Gasteiger partial charge in [0.1, 0.15) is 12.3 Å². The summed E-state index contributed by atoms with van der Waals surface area (Å²) in [6, 6.07) is 10.8. The number of phenols is 1. The van der Waals surface area contributed by atoms with E-state index in [1.54, 1.807) is 24.1 Å². The Bertz CT molecular complexity index is 742. The molecule has 0 radical (unpaired) electrons. The van der Waals surface area contributed by atoms with Crippen molar-refractivity contribution in [3.63, 3.8) is 0 Å². The van der Waals surface area contributed by atoms with Crippen molar-refractivity contribution in [2.45, 2.75) is 6.42 Å². The van der Waals surface area contributed by atoms with Crippen LogP contribution >= 0.6 is 0 Å². The summed E-state index contributed by atoms with van der Waals surface area (Å²) >= 11 is 0. The van der Waals surface area contributed by atoms with Crippen molar-refractivity contribution in [3.05, 3.63) is 42.0 Å². The van der Waals surface area contributed by atoms with Crippen molar-refractivity contribution in [3.8, 4) is 5.75 Å². The second-order valence-corrected chi connectivity index (χ2v) is 5.61. The Labute approximate surface area is 128 Å². The number of nitrogens with zero attached hydrogens (tertiary/aromatic N) is 2. The maximum absolute atomic E-state index is 12.7. The van der Waals surface area contributed by atoms with Crippen molar-refractivity contribution in [2.75, 3.05) is 26.7 Å². The fourth-order valence-electron chi connectivity index (χ4n) is 2.73. The van der Waals surface area contributed by atoms with Gasteiger partial charge in [-0.2, -0.15) is 0 Å². The van der Waals surface area contributed by atoms with E-state index in [4.69, 9.17) is 0 Å². The summed E-state index contributed by atoms with van der Waals surface area (Å²) in [7, 11) is 1.74. The Morgan fingerprint density at radius 2 is 1.82 bits per heavy atom. The van der Waals surface area contributed by atoms with Crippen molar-refractivity contribution < 1.29 is 14.7 Å². The van der Waals surface area contributed by atoms with Crippen LogP contribution in [0.2, 0.25) is 0 Å². The lowest BCUT2D eigenvalue weighted by Crippen LogP contribution is -2.38. The van der Waals surface area contributed by atoms with Crippen LogP contribution in [-0.2, 0) is 4.79 Å². The average Bonchev–Trinajstić information content (AvgIpc) is 2.68. The van der Waals surface area contributed by atoms with Crippen LogP contribution < -0.4 is 0 Å². The fraction of sp³-hybridized carbons (Fsp3) is 0.294. The molecule has 2 aromatic rings. The molecular weight excluding hydrogens is 280 g/mol. The first-order valence-corrected chi connectivity index (χ1v) is 7.31. The van der Waals surface area contributed by atoms with E-state index >= 15 is 0 Å². The number of hydrogen-bond donors (Lipinski definition) is 1. The van der Waals surface area contributed by atoms with Crippen LogP contribution in [0, 0.1) is 0 Å². The number of likely N-dealkylation sites (N-methyl/N-ethyl adjacent to an activating group) is 1. The summed E-state index contributed by atoms with van der Waals surface area (Å²) < 4.78 is 0. The fourth-order valence-corrected chi connectivity index (χ4v) is 2.73. The Hall–Kier alpha value is -2.56. The molecule has 5 nitrogen and oxygen atoms in total. The molecule has 0 spiro atoms. The first-order chi connectivity index (χ1) is 10.6. The molecule has 5 heteroatoms. The van der Waals surface area contributed by atoms with Crippen molar-refractivity contribution in [2.24, 2.45) is 0 Å². The minimum absolute atomic E-state index is 0.0475. The quantitative estimate of drug-likeness (QED) is 0.874. The maximum atomic E-state index is 12.7. The van der Waals surface area contributed by atoms with Gasteiger partial charge in [-0.3, -0.25) is 9.59 Å². The largest absolute Gasteiger partial charge is 0.507 e. The monoisotopic (exact) mass is 298 g/mol. The topological polar surface area (TPSA) is 60.9 Å². The van der Waals surface area contributed by atoms with Crippen LogP contribution in [-0.4, -0.2) is 53.4 Å². The SMILES string of the molecule is CN1CCCN(C(=O)c2cc3ccccc3cc2O)CC1=O. The maximum Gasteiger partial charge on any atom is 0.258 e. The van der Waals surface area contributed by atoms with E-state index in [1.165, 1.54) is 4.90 Å². The minimum atomic E-state index is -0.299. The second kappa shape index (κ2) is 5.67. The van der Waals surface area contributed by atoms with Crippen molar-refractivity contribution in [1.29, 1.82) is 0 Å². The van der Waals surface area contributed by atoms with E-state index in [-0.39, 0.29) is 29.7 Å². The zero-order valence-corrected chi connectivity index (χ0v) is 12.5. The van der Waals surface area contributed by atoms with E-state index in [0.29, 0.717) is 13.1 Å². The lowest BCUT2D eigenvalue weighted by atomic mass is 10.0. The molecule has 3 rings (SSSR count). The highest BCUT2D eigenvalue weighted by atomic mass is 16.3. The van der Waals surface area contributed by atoms with Gasteiger partial charge in [-0.25, -0.2) is 0 Å². The van der Waals surface area contributed by atoms with Crippen LogP contribution in [0.3, 0.4) is 0 Å². The van der Waals surface area contributed by atoms with E-state index in [0.717, 1.165) is 17.2 Å². The standard InChI is InChI=1S/C17H18N2O3/c1-18-7-4-8-19(11-16(18)21)17(22)14-9-12-5-2-3-6-13(12)10-15(14)20/h2-3,5-6,9-10,20H,4,7-8,11H2,1H3. The first-order valence-electron chi connectivity index (χ1n) is 7.31. The molecular formula is C17H18N2O3. The highest BCUT2D eigenvalue weighted by molar-refractivity contribution is 6.02. The summed E-state index contributed by atoms with van der Waals surface area (Å²) in [5.74, 6) is -0.424. The van der Waals surface area contributed by atoms with Crippen LogP contribution in [0.1, 0.15) is 16.8 Å². The third-order valence-corrected chi connectivity index (χ3v) is 4.06. The summed E-state index contributed by atoms with van der Waals surface area (Å²) in [5, 5.41) is 11.9. The molecule has 0 atom stereocenters. The van der Waals surface area contributed by atoms with E-state index < -0.39 is 0 Å². The van der Waals surface area contributed by atoms with Gasteiger partial charge in [0.05, 0.1) is 5.56 Å². The molecule has 1 saturated heterocycles. The number of hydrogen-bond acceptors (Lipinski definition) is 3. The number of benzene rings is 2. The molecule has 2 aromatic carbocycles. The number of carbonyl (C=O) groups excluding carboxylic acids is 2. The third kappa shape index (κ3) is 2.62. The van der Waals surface area contributed by atoms with Gasteiger partial charge in [0.2, 0.25) is 5.91 Å². The molecule has 0 aliphatic carbocycles. The molecule has 22 heavy (non-hydrogen) atoms. The van der Waals surface area contributed by atoms with Gasteiger partial charge in [0, 0.05) is 20.1 Å². The Balaban J connectivity index is 1.94. The molecule has 114 valence electrons. The number of amides is 2. The summed E-state index contributed by atoms with van der Waals surface area (Å²) in [4.78, 5) is 27.7. The second-order valence-electron chi connectivity index (χ2n) is 5.61. The predicted molar refractivity (Wildman–Crippen MR) is 83.8 cm³/mol. The van der Waals surface area contributed by atoms with Crippen molar-refractivity contribution in [1.82, 2.24) is 9.80 Å². The van der Waals surface area contributed by atoms with Gasteiger partial charge in [0.15, 0.2) is 0 Å². The number of phenolic OH excluding ortho intramolecular Hbond substituents is 1. The minimum Gasteiger partial charge on any atom is -0.507 e. The summed E-state index contributed by atoms with van der Waals surface area (Å²) in [5.41, 5.74) is 0.246. The van der Waals surface area contributed by atoms with Crippen LogP contribution in [0.5, 0.6) is 5.75 Å². The number of aromatic hydroxyl groups is 1. The molecule has 1 aliphatic rings. The molecule has 0 saturated carbocycles. The van der Waals surface area contributed by atoms with Gasteiger partial charge in [-0.15, -0.1) is 0 Å². The molecule has 1 aliphatic heterocycles. The Kier molecular flexibility index (Phi) is 3.71. The van der Waals surface area contributed by atoms with Crippen molar-refractivity contribution >= 4 is 22.6 Å². The Morgan fingerprint density at radius 1 is 1.14 bits per heavy atom. The summed E-state index contributed by atoms with van der Waals surface area (Å²) in [6.07, 6.45) is 0.738. The molecule has 1 N–H and O–H groups in total. The van der Waals surface area contributed by atoms with E-state index in [2.05, 4.69) is 0 Å². The van der Waals surface area contributed by atoms with E-state index in [9.17, 15) is 14.7 Å². The zero-order valence-electron chi connectivity index (χ0n) is 12.5. The average molecular weight is 298 g/mol. The molecule has 0 aromatic heterocycles. The first kappa shape index (κ1) is 14.4. The molecule has 0 unspecified atom stereocenters. The van der Waals surface area contributed by atoms with Gasteiger partial charge < -0.3 is 14.9 Å². The van der Waals surface area contributed by atoms with E-state index in [1.807, 2.05) is 24.3 Å². The number of carbonyl (C=O) groups is 2. The highest BCUT2D eigenvalue weighted by Gasteiger charge is 2.25. The molecule has 0 bridgehead atoms. The number of fused-ring (bicyclic) bond motifs is 1. The predicted octanol–water partition coefficient (Wildman–Crippen LogP) is 1.85.